The number of amides is 1. The minimum atomic E-state index is -1.14. The third kappa shape index (κ3) is 3.59. The van der Waals surface area contributed by atoms with Crippen LogP contribution in [-0.2, 0) is 19.1 Å². The fourth-order valence-electron chi connectivity index (χ4n) is 1.76. The number of carboxylic acid groups (broad SMARTS) is 1. The average Bonchev–Trinajstić information content (AvgIpc) is 2.70. The van der Waals surface area contributed by atoms with E-state index in [9.17, 15) is 14.4 Å². The number of carbonyl (C=O) groups excluding carboxylic acids is 2. The van der Waals surface area contributed by atoms with Crippen LogP contribution in [0.25, 0.3) is 0 Å². The number of methoxy groups -OCH3 is 1. The van der Waals surface area contributed by atoms with E-state index < -0.39 is 35.6 Å². The molecule has 19 heavy (non-hydrogen) atoms. The number of likely N-dealkylation sites (tertiary alicyclic amines) is 1. The van der Waals surface area contributed by atoms with Crippen LogP contribution in [0.15, 0.2) is 0 Å². The lowest BCUT2D eigenvalue weighted by atomic mass is 9.97. The number of aliphatic carboxylic acids is 1. The molecule has 0 aliphatic carbocycles. The predicted molar refractivity (Wildman–Crippen MR) is 64.5 cm³/mol. The molecule has 0 bridgehead atoms. The maximum Gasteiger partial charge on any atom is 0.410 e. The number of esters is 1. The summed E-state index contributed by atoms with van der Waals surface area (Å²) in [5.41, 5.74) is -0.669. The molecule has 2 atom stereocenters. The molecular formula is C12H19NO6. The zero-order valence-electron chi connectivity index (χ0n) is 11.5. The lowest BCUT2D eigenvalue weighted by Gasteiger charge is -2.21. The average molecular weight is 273 g/mol. The van der Waals surface area contributed by atoms with E-state index in [2.05, 4.69) is 4.74 Å². The standard InChI is InChI=1S/C12H19NO6/c1-12(2,3)10(16)19-7-5-8(9(14)15)13(6-7)11(17)18-4/h7-8H,5-6H2,1-4H3,(H,14,15)/t7-,8+/m1/s1. The first kappa shape index (κ1) is 15.3. The molecule has 1 amide bonds. The number of hydrogen-bond donors (Lipinski definition) is 1. The summed E-state index contributed by atoms with van der Waals surface area (Å²) in [7, 11) is 1.18. The normalized spacial score (nSPS) is 23.1. The van der Waals surface area contributed by atoms with Crippen LogP contribution in [0.3, 0.4) is 0 Å². The predicted octanol–water partition coefficient (Wildman–Crippen LogP) is 0.870. The van der Waals surface area contributed by atoms with Crippen LogP contribution < -0.4 is 0 Å². The molecule has 0 unspecified atom stereocenters. The van der Waals surface area contributed by atoms with Crippen molar-refractivity contribution in [2.24, 2.45) is 5.41 Å². The number of nitrogens with zero attached hydrogens (tertiary/aromatic N) is 1. The summed E-state index contributed by atoms with van der Waals surface area (Å²) in [6.45, 7) is 5.15. The quantitative estimate of drug-likeness (QED) is 0.750. The first-order chi connectivity index (χ1) is 8.66. The minimum absolute atomic E-state index is 0.0332. The van der Waals surface area contributed by atoms with E-state index >= 15 is 0 Å². The maximum atomic E-state index is 11.7. The van der Waals surface area contributed by atoms with E-state index in [-0.39, 0.29) is 13.0 Å². The number of rotatable bonds is 2. The van der Waals surface area contributed by atoms with Crippen LogP contribution in [0, 0.1) is 5.41 Å². The van der Waals surface area contributed by atoms with Crippen molar-refractivity contribution >= 4 is 18.0 Å². The largest absolute Gasteiger partial charge is 0.480 e. The van der Waals surface area contributed by atoms with Crippen molar-refractivity contribution in [1.29, 1.82) is 0 Å². The van der Waals surface area contributed by atoms with E-state index in [0.29, 0.717) is 0 Å². The summed E-state index contributed by atoms with van der Waals surface area (Å²) in [6, 6.07) is -1.02. The Hall–Kier alpha value is -1.79. The number of carboxylic acids is 1. The molecule has 1 aliphatic heterocycles. The maximum absolute atomic E-state index is 11.7. The van der Waals surface area contributed by atoms with Crippen LogP contribution in [0.2, 0.25) is 0 Å². The van der Waals surface area contributed by atoms with E-state index in [1.807, 2.05) is 0 Å². The van der Waals surface area contributed by atoms with Gasteiger partial charge in [-0.05, 0) is 20.8 Å². The van der Waals surface area contributed by atoms with Gasteiger partial charge in [0, 0.05) is 6.42 Å². The number of carbonyl (C=O) groups is 3. The molecule has 1 aliphatic rings. The summed E-state index contributed by atoms with van der Waals surface area (Å²) in [5, 5.41) is 9.05. The Bertz CT molecular complexity index is 386. The lowest BCUT2D eigenvalue weighted by Crippen LogP contribution is -2.40. The van der Waals surface area contributed by atoms with Gasteiger partial charge < -0.3 is 14.6 Å². The summed E-state index contributed by atoms with van der Waals surface area (Å²) < 4.78 is 9.75. The van der Waals surface area contributed by atoms with Gasteiger partial charge in [-0.2, -0.15) is 0 Å². The molecule has 1 fully saturated rings. The van der Waals surface area contributed by atoms with Crippen LogP contribution >= 0.6 is 0 Å². The van der Waals surface area contributed by atoms with Gasteiger partial charge in [0.15, 0.2) is 0 Å². The molecule has 0 aromatic heterocycles. The molecule has 0 radical (unpaired) electrons. The topological polar surface area (TPSA) is 93.1 Å². The van der Waals surface area contributed by atoms with Gasteiger partial charge in [0.05, 0.1) is 19.1 Å². The van der Waals surface area contributed by atoms with Crippen LogP contribution in [0.5, 0.6) is 0 Å². The second-order valence-corrected chi connectivity index (χ2v) is 5.49. The fraction of sp³-hybridized carbons (Fsp3) is 0.750. The summed E-state index contributed by atoms with van der Waals surface area (Å²) in [6.07, 6.45) is -1.28. The summed E-state index contributed by atoms with van der Waals surface area (Å²) in [4.78, 5) is 35.3. The fourth-order valence-corrected chi connectivity index (χ4v) is 1.76. The lowest BCUT2D eigenvalue weighted by molar-refractivity contribution is -0.158. The Morgan fingerprint density at radius 2 is 1.84 bits per heavy atom. The molecule has 7 nitrogen and oxygen atoms in total. The third-order valence-corrected chi connectivity index (χ3v) is 2.84. The van der Waals surface area contributed by atoms with Crippen LogP contribution in [0.4, 0.5) is 4.79 Å². The smallest absolute Gasteiger partial charge is 0.410 e. The molecule has 7 heteroatoms. The Kier molecular flexibility index (Phi) is 4.39. The Labute approximate surface area is 111 Å². The van der Waals surface area contributed by atoms with Gasteiger partial charge in [-0.25, -0.2) is 9.59 Å². The first-order valence-corrected chi connectivity index (χ1v) is 5.95. The highest BCUT2D eigenvalue weighted by atomic mass is 16.6. The van der Waals surface area contributed by atoms with Gasteiger partial charge in [0.1, 0.15) is 12.1 Å². The van der Waals surface area contributed by atoms with Crippen LogP contribution in [0.1, 0.15) is 27.2 Å². The van der Waals surface area contributed by atoms with Crippen molar-refractivity contribution in [2.75, 3.05) is 13.7 Å². The van der Waals surface area contributed by atoms with Crippen LogP contribution in [-0.4, -0.2) is 53.8 Å². The Balaban J connectivity index is 2.73. The van der Waals surface area contributed by atoms with Gasteiger partial charge in [-0.15, -0.1) is 0 Å². The molecule has 1 heterocycles. The second-order valence-electron chi connectivity index (χ2n) is 5.49. The third-order valence-electron chi connectivity index (χ3n) is 2.84. The molecule has 1 saturated heterocycles. The van der Waals surface area contributed by atoms with Gasteiger partial charge in [0.25, 0.3) is 0 Å². The highest BCUT2D eigenvalue weighted by Crippen LogP contribution is 2.24. The van der Waals surface area contributed by atoms with Crippen molar-refractivity contribution in [3.63, 3.8) is 0 Å². The molecule has 0 aromatic carbocycles. The molecular weight excluding hydrogens is 254 g/mol. The SMILES string of the molecule is COC(=O)N1C[C@H](OC(=O)C(C)(C)C)C[C@H]1C(=O)O. The van der Waals surface area contributed by atoms with E-state index in [1.54, 1.807) is 20.8 Å². The van der Waals surface area contributed by atoms with Crippen molar-refractivity contribution in [2.45, 2.75) is 39.3 Å². The van der Waals surface area contributed by atoms with Gasteiger partial charge in [-0.3, -0.25) is 9.69 Å². The Morgan fingerprint density at radius 3 is 2.26 bits per heavy atom. The first-order valence-electron chi connectivity index (χ1n) is 5.95. The summed E-state index contributed by atoms with van der Waals surface area (Å²) in [5.74, 6) is -1.56. The number of ether oxygens (including phenoxy) is 2. The van der Waals surface area contributed by atoms with Crippen molar-refractivity contribution in [3.8, 4) is 0 Å². The molecule has 1 rings (SSSR count). The Morgan fingerprint density at radius 1 is 1.26 bits per heavy atom. The highest BCUT2D eigenvalue weighted by Gasteiger charge is 2.42. The minimum Gasteiger partial charge on any atom is -0.480 e. The monoisotopic (exact) mass is 273 g/mol. The second kappa shape index (κ2) is 5.46. The highest BCUT2D eigenvalue weighted by molar-refractivity contribution is 5.81. The molecule has 0 saturated carbocycles. The van der Waals surface area contributed by atoms with E-state index in [4.69, 9.17) is 9.84 Å². The molecule has 0 spiro atoms. The molecule has 108 valence electrons. The zero-order chi connectivity index (χ0) is 14.8. The summed E-state index contributed by atoms with van der Waals surface area (Å²) >= 11 is 0. The van der Waals surface area contributed by atoms with Gasteiger partial charge in [-0.1, -0.05) is 0 Å². The van der Waals surface area contributed by atoms with E-state index in [1.165, 1.54) is 7.11 Å². The molecule has 1 N–H and O–H groups in total. The van der Waals surface area contributed by atoms with E-state index in [0.717, 1.165) is 4.90 Å². The van der Waals surface area contributed by atoms with Crippen molar-refractivity contribution in [1.82, 2.24) is 4.90 Å². The van der Waals surface area contributed by atoms with Gasteiger partial charge in [0.2, 0.25) is 0 Å². The van der Waals surface area contributed by atoms with Gasteiger partial charge >= 0.3 is 18.0 Å². The molecule has 0 aromatic rings. The van der Waals surface area contributed by atoms with Crippen molar-refractivity contribution < 1.29 is 29.0 Å². The number of hydrogen-bond acceptors (Lipinski definition) is 5. The zero-order valence-corrected chi connectivity index (χ0v) is 11.5. The van der Waals surface area contributed by atoms with Crippen molar-refractivity contribution in [3.05, 3.63) is 0 Å².